The number of hydrogen-bond donors (Lipinski definition) is 0. The van der Waals surface area contributed by atoms with Gasteiger partial charge in [0.2, 0.25) is 5.90 Å². The van der Waals surface area contributed by atoms with E-state index in [0.717, 1.165) is 42.0 Å². The van der Waals surface area contributed by atoms with Gasteiger partial charge in [0.25, 0.3) is 0 Å². The molecule has 0 radical (unpaired) electrons. The van der Waals surface area contributed by atoms with Gasteiger partial charge in [0.1, 0.15) is 11.6 Å². The van der Waals surface area contributed by atoms with E-state index >= 15 is 0 Å². The number of rotatable bonds is 9. The quantitative estimate of drug-likeness (QED) is 0.330. The number of hydrogen-bond acceptors (Lipinski definition) is 6. The molecule has 0 amide bonds. The van der Waals surface area contributed by atoms with Gasteiger partial charge in [-0.15, -0.1) is 17.5 Å². The Kier molecular flexibility index (Phi) is 8.60. The van der Waals surface area contributed by atoms with Crippen LogP contribution in [-0.2, 0) is 10.2 Å². The topological polar surface area (TPSA) is 54.4 Å². The highest BCUT2D eigenvalue weighted by Crippen LogP contribution is 2.35. The summed E-state index contributed by atoms with van der Waals surface area (Å²) in [5, 5.41) is 6.43. The summed E-state index contributed by atoms with van der Waals surface area (Å²) in [7, 11) is 0. The third kappa shape index (κ3) is 6.33. The van der Waals surface area contributed by atoms with E-state index in [1.165, 1.54) is 12.8 Å². The van der Waals surface area contributed by atoms with Crippen molar-refractivity contribution in [3.05, 3.63) is 65.3 Å². The van der Waals surface area contributed by atoms with Crippen molar-refractivity contribution in [2.45, 2.75) is 78.7 Å². The lowest BCUT2D eigenvalue weighted by molar-refractivity contribution is 0.0962. The van der Waals surface area contributed by atoms with E-state index in [2.05, 4.69) is 52.4 Å². The van der Waals surface area contributed by atoms with Crippen LogP contribution < -0.4 is 4.74 Å². The fourth-order valence-electron chi connectivity index (χ4n) is 4.15. The number of ketones is 1. The third-order valence-corrected chi connectivity index (χ3v) is 6.81. The van der Waals surface area contributed by atoms with E-state index in [0.29, 0.717) is 23.2 Å². The first-order valence-corrected chi connectivity index (χ1v) is 12.8. The minimum atomic E-state index is -0.0876. The van der Waals surface area contributed by atoms with Crippen LogP contribution in [0.4, 0.5) is 0 Å². The molecule has 6 nitrogen and oxygen atoms in total. The van der Waals surface area contributed by atoms with Crippen molar-refractivity contribution in [2.24, 2.45) is 11.0 Å². The molecule has 1 aromatic rings. The average Bonchev–Trinajstić information content (AvgIpc) is 3.60. The molecule has 3 aliphatic rings. The van der Waals surface area contributed by atoms with Crippen molar-refractivity contribution in [1.82, 2.24) is 9.91 Å². The molecule has 0 saturated heterocycles. The van der Waals surface area contributed by atoms with E-state index in [9.17, 15) is 4.79 Å². The number of ether oxygens (including phenoxy) is 2. The second-order valence-electron chi connectivity index (χ2n) is 10.9. The molecular weight excluding hydrogens is 474 g/mol. The SMILES string of the molecule is C=C1N(CC(=O)c2cc(OCC3CC3)cc(C(C)(C)C)c2)C=C2C(C)=CC(OC(CC)CC)=NN12.Cl.[HH]. The Morgan fingerprint density at radius 1 is 1.22 bits per heavy atom. The fraction of sp³-hybridized carbons (Fsp3) is 0.517. The van der Waals surface area contributed by atoms with Crippen LogP contribution in [0.3, 0.4) is 0 Å². The normalized spacial score (nSPS) is 17.3. The molecule has 0 spiro atoms. The largest absolute Gasteiger partial charge is 0.493 e. The van der Waals surface area contributed by atoms with Crippen molar-refractivity contribution < 1.29 is 15.7 Å². The van der Waals surface area contributed by atoms with E-state index in [4.69, 9.17) is 9.47 Å². The average molecular weight is 516 g/mol. The molecule has 1 fully saturated rings. The number of nitrogens with zero attached hydrogens (tertiary/aromatic N) is 3. The summed E-state index contributed by atoms with van der Waals surface area (Å²) in [6, 6.07) is 5.95. The molecule has 4 rings (SSSR count). The molecule has 1 saturated carbocycles. The lowest BCUT2D eigenvalue weighted by atomic mass is 9.85. The molecule has 0 N–H and O–H groups in total. The molecule has 198 valence electrons. The summed E-state index contributed by atoms with van der Waals surface area (Å²) < 4.78 is 12.1. The Morgan fingerprint density at radius 3 is 2.53 bits per heavy atom. The highest BCUT2D eigenvalue weighted by atomic mass is 35.5. The summed E-state index contributed by atoms with van der Waals surface area (Å²) in [6.45, 7) is 17.8. The maximum absolute atomic E-state index is 13.4. The van der Waals surface area contributed by atoms with E-state index in [1.807, 2.05) is 36.2 Å². The molecule has 7 heteroatoms. The Hall–Kier alpha value is -2.73. The smallest absolute Gasteiger partial charge is 0.232 e. The Labute approximate surface area is 223 Å². The van der Waals surface area contributed by atoms with Crippen LogP contribution in [-0.4, -0.2) is 40.8 Å². The van der Waals surface area contributed by atoms with Gasteiger partial charge >= 0.3 is 0 Å². The highest BCUT2D eigenvalue weighted by Gasteiger charge is 2.32. The van der Waals surface area contributed by atoms with E-state index in [1.54, 1.807) is 5.01 Å². The van der Waals surface area contributed by atoms with Gasteiger partial charge in [-0.3, -0.25) is 4.79 Å². The van der Waals surface area contributed by atoms with Crippen LogP contribution in [0.2, 0.25) is 0 Å². The number of benzene rings is 1. The van der Waals surface area contributed by atoms with Crippen molar-refractivity contribution in [3.8, 4) is 5.75 Å². The number of fused-ring (bicyclic) bond motifs is 1. The van der Waals surface area contributed by atoms with Crippen LogP contribution in [0.1, 0.15) is 84.6 Å². The highest BCUT2D eigenvalue weighted by molar-refractivity contribution is 5.98. The second-order valence-corrected chi connectivity index (χ2v) is 10.9. The molecule has 2 aliphatic heterocycles. The molecule has 1 aliphatic carbocycles. The summed E-state index contributed by atoms with van der Waals surface area (Å²) in [4.78, 5) is 15.3. The predicted molar refractivity (Wildman–Crippen MR) is 149 cm³/mol. The second kappa shape index (κ2) is 11.1. The van der Waals surface area contributed by atoms with E-state index < -0.39 is 0 Å². The van der Waals surface area contributed by atoms with Gasteiger partial charge in [-0.05, 0) is 73.3 Å². The Balaban J connectivity index is 0.00000241. The van der Waals surface area contributed by atoms with Crippen LogP contribution in [0.25, 0.3) is 0 Å². The molecular formula is C29H42ClN3O3. The zero-order chi connectivity index (χ0) is 25.3. The van der Waals surface area contributed by atoms with Crippen molar-refractivity contribution in [1.29, 1.82) is 0 Å². The van der Waals surface area contributed by atoms with Crippen molar-refractivity contribution in [2.75, 3.05) is 13.2 Å². The zero-order valence-electron chi connectivity index (χ0n) is 22.5. The summed E-state index contributed by atoms with van der Waals surface area (Å²) in [5.74, 6) is 2.67. The van der Waals surface area contributed by atoms with Crippen LogP contribution in [0.15, 0.2) is 59.2 Å². The number of carbonyl (C=O) groups is 1. The molecule has 0 aromatic heterocycles. The van der Waals surface area contributed by atoms with Gasteiger partial charge < -0.3 is 14.4 Å². The lowest BCUT2D eigenvalue weighted by Crippen LogP contribution is -2.28. The maximum atomic E-state index is 13.4. The molecule has 0 unspecified atom stereocenters. The number of halogens is 1. The summed E-state index contributed by atoms with van der Waals surface area (Å²) in [6.07, 6.45) is 8.33. The maximum Gasteiger partial charge on any atom is 0.232 e. The van der Waals surface area contributed by atoms with Gasteiger partial charge in [-0.1, -0.05) is 41.2 Å². The van der Waals surface area contributed by atoms with Gasteiger partial charge in [0.15, 0.2) is 5.78 Å². The first-order chi connectivity index (χ1) is 16.6. The van der Waals surface area contributed by atoms with Crippen LogP contribution in [0.5, 0.6) is 5.75 Å². The van der Waals surface area contributed by atoms with Gasteiger partial charge in [-0.25, -0.2) is 5.01 Å². The first kappa shape index (κ1) is 27.9. The number of Topliss-reactive ketones (excluding diaryl/α,β-unsaturated/α-hetero) is 1. The molecule has 36 heavy (non-hydrogen) atoms. The predicted octanol–water partition coefficient (Wildman–Crippen LogP) is 7.03. The minimum absolute atomic E-state index is 0. The number of allylic oxidation sites excluding steroid dienone is 1. The minimum Gasteiger partial charge on any atom is -0.493 e. The monoisotopic (exact) mass is 515 g/mol. The number of carbonyl (C=O) groups excluding carboxylic acids is 1. The van der Waals surface area contributed by atoms with Crippen LogP contribution in [0, 0.1) is 5.92 Å². The Morgan fingerprint density at radius 2 is 1.92 bits per heavy atom. The molecule has 2 heterocycles. The third-order valence-electron chi connectivity index (χ3n) is 6.81. The van der Waals surface area contributed by atoms with Crippen molar-refractivity contribution >= 4 is 24.1 Å². The number of hydrazone groups is 1. The fourth-order valence-corrected chi connectivity index (χ4v) is 4.15. The zero-order valence-corrected chi connectivity index (χ0v) is 23.3. The Bertz CT molecular complexity index is 1100. The first-order valence-electron chi connectivity index (χ1n) is 12.8. The van der Waals surface area contributed by atoms with E-state index in [-0.39, 0.29) is 37.7 Å². The lowest BCUT2D eigenvalue weighted by Gasteiger charge is -2.26. The van der Waals surface area contributed by atoms with Crippen LogP contribution >= 0.6 is 12.4 Å². The van der Waals surface area contributed by atoms with Gasteiger partial charge in [0.05, 0.1) is 25.0 Å². The standard InChI is InChI=1S/C29H39N3O3.ClH.H2/c1-8-24(9-2)35-28-12-19(3)26-16-31(20(4)32(26)30-28)17-27(33)22-13-23(29(5,6)7)15-25(14-22)34-18-21-10-11-21;;/h12-16,21,24H,4,8-11,17-18H2,1-3,5-7H3;2*1H. The van der Waals surface area contributed by atoms with Gasteiger partial charge in [-0.2, -0.15) is 0 Å². The molecule has 0 atom stereocenters. The molecule has 1 aromatic carbocycles. The molecule has 0 bridgehead atoms. The van der Waals surface area contributed by atoms with Gasteiger partial charge in [0, 0.05) is 19.3 Å². The summed E-state index contributed by atoms with van der Waals surface area (Å²) in [5.41, 5.74) is 3.61. The summed E-state index contributed by atoms with van der Waals surface area (Å²) >= 11 is 0. The van der Waals surface area contributed by atoms with Crippen molar-refractivity contribution in [3.63, 3.8) is 0 Å².